The summed E-state index contributed by atoms with van der Waals surface area (Å²) in [5.41, 5.74) is 2.47. The molecule has 2 aliphatic heterocycles. The number of benzene rings is 1. The Morgan fingerprint density at radius 1 is 1.33 bits per heavy atom. The minimum Gasteiger partial charge on any atom is -0.493 e. The van der Waals surface area contributed by atoms with Crippen molar-refractivity contribution in [2.75, 3.05) is 20.7 Å². The van der Waals surface area contributed by atoms with Crippen molar-refractivity contribution in [3.8, 4) is 11.5 Å². The Labute approximate surface area is 186 Å². The number of hydrogen-bond acceptors (Lipinski definition) is 4. The third-order valence-corrected chi connectivity index (χ3v) is 5.97. The summed E-state index contributed by atoms with van der Waals surface area (Å²) >= 11 is 4.24. The van der Waals surface area contributed by atoms with Crippen molar-refractivity contribution in [3.63, 3.8) is 0 Å². The van der Waals surface area contributed by atoms with Gasteiger partial charge >= 0.3 is 0 Å². The average molecular weight is 597 g/mol. The van der Waals surface area contributed by atoms with Crippen molar-refractivity contribution in [2.24, 2.45) is 5.92 Å². The van der Waals surface area contributed by atoms with E-state index in [0.717, 1.165) is 37.2 Å². The molecule has 4 rings (SSSR count). The number of methoxy groups -OCH3 is 1. The van der Waals surface area contributed by atoms with Crippen molar-refractivity contribution < 1.29 is 14.3 Å². The second-order valence-electron chi connectivity index (χ2n) is 7.01. The molecular formula is C21H29I2NO3. The molecule has 1 spiro atoms. The van der Waals surface area contributed by atoms with Gasteiger partial charge in [0.25, 0.3) is 0 Å². The third-order valence-electron chi connectivity index (χ3n) is 5.97. The Kier molecular flexibility index (Phi) is 8.42. The Hall–Kier alpha value is -0.350. The van der Waals surface area contributed by atoms with E-state index in [2.05, 4.69) is 74.3 Å². The molecule has 4 unspecified atom stereocenters. The van der Waals surface area contributed by atoms with Gasteiger partial charge in [0.05, 0.1) is 12.5 Å². The summed E-state index contributed by atoms with van der Waals surface area (Å²) in [7, 11) is 3.86. The van der Waals surface area contributed by atoms with Gasteiger partial charge in [0.1, 0.15) is 12.4 Å². The number of hydrogen-bond donors (Lipinski definition) is 0. The van der Waals surface area contributed by atoms with Crippen LogP contribution in [0.3, 0.4) is 0 Å². The lowest BCUT2D eigenvalue weighted by Gasteiger charge is -2.35. The maximum atomic E-state index is 11.3. The molecule has 0 aromatic heterocycles. The van der Waals surface area contributed by atoms with Gasteiger partial charge in [0, 0.05) is 54.8 Å². The summed E-state index contributed by atoms with van der Waals surface area (Å²) in [6.07, 6.45) is 7.11. The zero-order chi connectivity index (χ0) is 20.2. The van der Waals surface area contributed by atoms with E-state index in [1.54, 1.807) is 7.11 Å². The van der Waals surface area contributed by atoms with Crippen LogP contribution >= 0.6 is 37.2 Å². The lowest BCUT2D eigenvalue weighted by atomic mass is 9.67. The number of allylic oxidation sites excluding steroid dienone is 1. The molecule has 0 amide bonds. The number of nitrogens with zero attached hydrogens (tertiary/aromatic N) is 1. The quantitative estimate of drug-likeness (QED) is 0.251. The molecule has 6 heteroatoms. The van der Waals surface area contributed by atoms with Crippen LogP contribution in [0.4, 0.5) is 0 Å². The van der Waals surface area contributed by atoms with Crippen LogP contribution < -0.4 is 9.47 Å². The Morgan fingerprint density at radius 2 is 2.04 bits per heavy atom. The number of ether oxygens (including phenoxy) is 2. The Balaban J connectivity index is 0.000000614. The van der Waals surface area contributed by atoms with E-state index in [9.17, 15) is 4.79 Å². The van der Waals surface area contributed by atoms with E-state index < -0.39 is 0 Å². The molecule has 0 fully saturated rings. The van der Waals surface area contributed by atoms with Crippen molar-refractivity contribution in [1.29, 1.82) is 0 Å². The van der Waals surface area contributed by atoms with Crippen molar-refractivity contribution in [1.82, 2.24) is 4.90 Å². The molecule has 0 bridgehead atoms. The van der Waals surface area contributed by atoms with Gasteiger partial charge in [0.2, 0.25) is 0 Å². The average Bonchev–Trinajstić information content (AvgIpc) is 3.03. The van der Waals surface area contributed by atoms with Crippen LogP contribution in [0.15, 0.2) is 24.3 Å². The van der Waals surface area contributed by atoms with E-state index in [1.807, 2.05) is 19.9 Å². The minimum atomic E-state index is -0.127. The molecule has 150 valence electrons. The van der Waals surface area contributed by atoms with E-state index in [4.69, 9.17) is 9.47 Å². The van der Waals surface area contributed by atoms with Crippen LogP contribution in [-0.4, -0.2) is 38.0 Å². The van der Waals surface area contributed by atoms with Gasteiger partial charge in [0.15, 0.2) is 11.5 Å². The van der Waals surface area contributed by atoms with Gasteiger partial charge in [-0.05, 0) is 45.0 Å². The van der Waals surface area contributed by atoms with Crippen molar-refractivity contribution in [2.45, 2.75) is 51.2 Å². The maximum Gasteiger partial charge on any atom is 0.166 e. The van der Waals surface area contributed by atoms with Gasteiger partial charge in [-0.25, -0.2) is 0 Å². The second kappa shape index (κ2) is 9.91. The van der Waals surface area contributed by atoms with Crippen molar-refractivity contribution >= 4 is 43.5 Å². The van der Waals surface area contributed by atoms with Gasteiger partial charge in [-0.2, -0.15) is 0 Å². The van der Waals surface area contributed by atoms with Crippen LogP contribution in [-0.2, 0) is 10.2 Å². The molecule has 1 aromatic rings. The predicted molar refractivity (Wildman–Crippen MR) is 127 cm³/mol. The fourth-order valence-electron chi connectivity index (χ4n) is 4.43. The first-order valence-corrected chi connectivity index (χ1v) is 15.8. The Bertz CT molecular complexity index is 694. The highest BCUT2D eigenvalue weighted by Gasteiger charge is 2.53. The van der Waals surface area contributed by atoms with E-state index in [0.29, 0.717) is 6.04 Å². The molecule has 2 heterocycles. The molecular weight excluding hydrogens is 568 g/mol. The van der Waals surface area contributed by atoms with E-state index >= 15 is 0 Å². The molecule has 4 nitrogen and oxygen atoms in total. The van der Waals surface area contributed by atoms with Gasteiger partial charge in [-0.1, -0.05) is 32.1 Å². The normalized spacial score (nSPS) is 30.3. The molecule has 0 saturated heterocycles. The van der Waals surface area contributed by atoms with Gasteiger partial charge in [-0.3, -0.25) is 4.90 Å². The van der Waals surface area contributed by atoms with Crippen LogP contribution in [0.1, 0.15) is 50.8 Å². The first-order valence-electron chi connectivity index (χ1n) is 9.48. The molecule has 4 atom stereocenters. The number of halogens is 2. The Morgan fingerprint density at radius 3 is 2.67 bits per heavy atom. The fourth-order valence-corrected chi connectivity index (χ4v) is 4.43. The van der Waals surface area contributed by atoms with Gasteiger partial charge < -0.3 is 14.3 Å². The summed E-state index contributed by atoms with van der Waals surface area (Å²) in [5, 5.41) is 0. The molecule has 0 N–H and O–H groups in total. The fraction of sp³-hybridized carbons (Fsp3) is 0.571. The van der Waals surface area contributed by atoms with Crippen LogP contribution in [0.25, 0.3) is 0 Å². The summed E-state index contributed by atoms with van der Waals surface area (Å²) in [6.45, 7) is 7.25. The van der Waals surface area contributed by atoms with Crippen LogP contribution in [0.2, 0.25) is 0 Å². The zero-order valence-electron chi connectivity index (χ0n) is 16.7. The topological polar surface area (TPSA) is 38.8 Å². The summed E-state index contributed by atoms with van der Waals surface area (Å²) in [4.78, 5) is 13.6. The molecule has 3 aliphatic rings. The lowest BCUT2D eigenvalue weighted by Crippen LogP contribution is -2.41. The highest BCUT2D eigenvalue weighted by molar-refractivity contribution is 15.0. The van der Waals surface area contributed by atoms with E-state index in [-0.39, 0.29) is 17.4 Å². The smallest absolute Gasteiger partial charge is 0.166 e. The molecule has 27 heavy (non-hydrogen) atoms. The standard InChI is InChI=1S/C19H23NO3.C2H6.I2/c1-12-14-4-5-15(22-3)18-17(14)19(8-9-20(12)2)7-6-13(11-21)10-16(19)23-18;2*1-2/h4-7,11-13,16H,8-10H2,1-3H3;1-2H3;. The highest BCUT2D eigenvalue weighted by Crippen LogP contribution is 2.57. The molecule has 1 aliphatic carbocycles. The highest BCUT2D eigenvalue weighted by atomic mass is 128. The largest absolute Gasteiger partial charge is 0.493 e. The number of carbonyl (C=O) groups is 1. The van der Waals surface area contributed by atoms with E-state index in [1.165, 1.54) is 11.1 Å². The SMILES string of the molecule is CC.COc1ccc2c3c1OC1CC(C=O)C=CC31CCN(C)C2C.II. The summed E-state index contributed by atoms with van der Waals surface area (Å²) in [6, 6.07) is 4.53. The second-order valence-corrected chi connectivity index (χ2v) is 7.01. The minimum absolute atomic E-state index is 0.0199. The maximum absolute atomic E-state index is 11.3. The number of carbonyl (C=O) groups excluding carboxylic acids is 1. The predicted octanol–water partition coefficient (Wildman–Crippen LogP) is 5.66. The number of aldehydes is 1. The molecule has 0 radical (unpaired) electrons. The summed E-state index contributed by atoms with van der Waals surface area (Å²) < 4.78 is 11.9. The van der Waals surface area contributed by atoms with Gasteiger partial charge in [-0.15, -0.1) is 0 Å². The molecule has 0 saturated carbocycles. The molecule has 1 aromatic carbocycles. The summed E-state index contributed by atoms with van der Waals surface area (Å²) in [5.74, 6) is 1.63. The first kappa shape index (κ1) is 22.9. The van der Waals surface area contributed by atoms with Crippen LogP contribution in [0, 0.1) is 5.92 Å². The zero-order valence-corrected chi connectivity index (χ0v) is 21.0. The van der Waals surface area contributed by atoms with Crippen LogP contribution in [0.5, 0.6) is 11.5 Å². The first-order chi connectivity index (χ1) is 13.1. The van der Waals surface area contributed by atoms with Crippen molar-refractivity contribution in [3.05, 3.63) is 35.4 Å². The monoisotopic (exact) mass is 597 g/mol. The lowest BCUT2D eigenvalue weighted by molar-refractivity contribution is -0.110. The number of rotatable bonds is 2. The third kappa shape index (κ3) is 3.90.